The molecule has 88 valence electrons. The van der Waals surface area contributed by atoms with Crippen molar-refractivity contribution in [3.05, 3.63) is 0 Å². The van der Waals surface area contributed by atoms with Crippen molar-refractivity contribution >= 4 is 10.2 Å². The maximum absolute atomic E-state index is 11.9. The van der Waals surface area contributed by atoms with Crippen LogP contribution in [0.2, 0.25) is 0 Å². The van der Waals surface area contributed by atoms with Gasteiger partial charge in [-0.3, -0.25) is 0 Å². The zero-order valence-corrected chi connectivity index (χ0v) is 9.89. The average Bonchev–Trinajstić information content (AvgIpc) is 3.01. The molecule has 0 aromatic carbocycles. The summed E-state index contributed by atoms with van der Waals surface area (Å²) in [6.45, 7) is 1.25. The van der Waals surface area contributed by atoms with Gasteiger partial charge in [0.05, 0.1) is 0 Å². The van der Waals surface area contributed by atoms with E-state index < -0.39 is 10.2 Å². The maximum Gasteiger partial charge on any atom is 0.279 e. The number of hydrogen-bond acceptors (Lipinski definition) is 3. The molecule has 2 fully saturated rings. The van der Waals surface area contributed by atoms with Gasteiger partial charge >= 0.3 is 0 Å². The molecule has 0 bridgehead atoms. The van der Waals surface area contributed by atoms with E-state index in [1.54, 1.807) is 4.31 Å². The van der Waals surface area contributed by atoms with Gasteiger partial charge in [-0.2, -0.15) is 17.4 Å². The molecule has 1 aliphatic heterocycles. The minimum Gasteiger partial charge on any atom is -0.316 e. The van der Waals surface area contributed by atoms with Gasteiger partial charge in [0.25, 0.3) is 10.2 Å². The minimum absolute atomic E-state index is 0.199. The highest BCUT2D eigenvalue weighted by Crippen LogP contribution is 2.21. The predicted molar refractivity (Wildman–Crippen MR) is 58.7 cm³/mol. The summed E-state index contributed by atoms with van der Waals surface area (Å²) in [4.78, 5) is 0. The summed E-state index contributed by atoms with van der Waals surface area (Å²) in [5.74, 6) is 0. The van der Waals surface area contributed by atoms with Crippen LogP contribution in [0.15, 0.2) is 0 Å². The van der Waals surface area contributed by atoms with E-state index in [0.29, 0.717) is 19.1 Å². The Bertz CT molecular complexity index is 313. The van der Waals surface area contributed by atoms with Crippen molar-refractivity contribution in [2.24, 2.45) is 0 Å². The van der Waals surface area contributed by atoms with Gasteiger partial charge in [-0.15, -0.1) is 0 Å². The summed E-state index contributed by atoms with van der Waals surface area (Å²) >= 11 is 0. The van der Waals surface area contributed by atoms with Crippen LogP contribution in [0.1, 0.15) is 25.7 Å². The molecule has 1 atom stereocenters. The molecular formula is C9H19N3O2S. The molecule has 1 heterocycles. The van der Waals surface area contributed by atoms with Crippen LogP contribution in [0.5, 0.6) is 0 Å². The number of nitrogens with zero attached hydrogens (tertiary/aromatic N) is 1. The first kappa shape index (κ1) is 11.3. The molecule has 5 nitrogen and oxygen atoms in total. The molecule has 0 spiro atoms. The maximum atomic E-state index is 11.9. The lowest BCUT2D eigenvalue weighted by atomic mass is 10.1. The second kappa shape index (κ2) is 4.37. The predicted octanol–water partition coefficient (Wildman–Crippen LogP) is -0.333. The molecule has 1 unspecified atom stereocenters. The van der Waals surface area contributed by atoms with E-state index in [1.165, 1.54) is 0 Å². The summed E-state index contributed by atoms with van der Waals surface area (Å²) in [6.07, 6.45) is 3.98. The molecule has 0 aromatic rings. The van der Waals surface area contributed by atoms with Crippen molar-refractivity contribution < 1.29 is 8.42 Å². The topological polar surface area (TPSA) is 61.4 Å². The molecule has 2 N–H and O–H groups in total. The van der Waals surface area contributed by atoms with Crippen LogP contribution >= 0.6 is 0 Å². The third kappa shape index (κ3) is 2.90. The first-order valence-electron chi connectivity index (χ1n) is 5.56. The van der Waals surface area contributed by atoms with E-state index in [-0.39, 0.29) is 6.04 Å². The van der Waals surface area contributed by atoms with E-state index in [9.17, 15) is 8.42 Å². The number of piperidine rings is 1. The Balaban J connectivity index is 1.95. The van der Waals surface area contributed by atoms with Gasteiger partial charge in [-0.25, -0.2) is 0 Å². The lowest BCUT2D eigenvalue weighted by Gasteiger charge is -2.31. The molecule has 0 aromatic heterocycles. The van der Waals surface area contributed by atoms with E-state index in [1.807, 2.05) is 7.05 Å². The van der Waals surface area contributed by atoms with E-state index in [4.69, 9.17) is 0 Å². The smallest absolute Gasteiger partial charge is 0.279 e. The van der Waals surface area contributed by atoms with Gasteiger partial charge < -0.3 is 5.32 Å². The molecule has 1 aliphatic carbocycles. The van der Waals surface area contributed by atoms with Crippen molar-refractivity contribution in [1.82, 2.24) is 14.3 Å². The Morgan fingerprint density at radius 1 is 1.20 bits per heavy atom. The highest BCUT2D eigenvalue weighted by Gasteiger charge is 2.33. The average molecular weight is 233 g/mol. The van der Waals surface area contributed by atoms with Crippen LogP contribution < -0.4 is 10.0 Å². The Labute approximate surface area is 91.4 Å². The Kier molecular flexibility index (Phi) is 3.30. The molecule has 6 heteroatoms. The number of likely N-dealkylation sites (N-methyl/N-ethyl adjacent to an activating group) is 1. The van der Waals surface area contributed by atoms with Crippen LogP contribution in [-0.2, 0) is 10.2 Å². The molecule has 0 radical (unpaired) electrons. The fourth-order valence-corrected chi connectivity index (χ4v) is 3.43. The fraction of sp³-hybridized carbons (Fsp3) is 1.00. The quantitative estimate of drug-likeness (QED) is 0.699. The lowest BCUT2D eigenvalue weighted by molar-refractivity contribution is 0.289. The van der Waals surface area contributed by atoms with Gasteiger partial charge in [-0.05, 0) is 32.7 Å². The zero-order chi connectivity index (χ0) is 10.9. The third-order valence-electron chi connectivity index (χ3n) is 3.03. The molecule has 2 aliphatic rings. The van der Waals surface area contributed by atoms with Crippen molar-refractivity contribution in [1.29, 1.82) is 0 Å². The van der Waals surface area contributed by atoms with Gasteiger partial charge in [0, 0.05) is 25.2 Å². The van der Waals surface area contributed by atoms with Gasteiger partial charge in [0.2, 0.25) is 0 Å². The number of rotatable bonds is 4. The SMILES string of the molecule is CNC1CCCN(S(=O)(=O)NC2CC2)C1. The molecule has 0 amide bonds. The van der Waals surface area contributed by atoms with Crippen LogP contribution in [0.4, 0.5) is 0 Å². The summed E-state index contributed by atoms with van der Waals surface area (Å²) in [5, 5.41) is 3.14. The van der Waals surface area contributed by atoms with Crippen molar-refractivity contribution in [2.75, 3.05) is 20.1 Å². The van der Waals surface area contributed by atoms with E-state index in [2.05, 4.69) is 10.0 Å². The number of nitrogens with one attached hydrogen (secondary N) is 2. The van der Waals surface area contributed by atoms with Crippen LogP contribution in [0, 0.1) is 0 Å². The first-order valence-corrected chi connectivity index (χ1v) is 7.00. The van der Waals surface area contributed by atoms with Crippen molar-refractivity contribution in [3.8, 4) is 0 Å². The second-order valence-corrected chi connectivity index (χ2v) is 6.09. The van der Waals surface area contributed by atoms with Gasteiger partial charge in [0.1, 0.15) is 0 Å². The zero-order valence-electron chi connectivity index (χ0n) is 9.07. The molecule has 1 saturated heterocycles. The highest BCUT2D eigenvalue weighted by atomic mass is 32.2. The second-order valence-electron chi connectivity index (χ2n) is 4.38. The van der Waals surface area contributed by atoms with E-state index >= 15 is 0 Å². The molecular weight excluding hydrogens is 214 g/mol. The number of hydrogen-bond donors (Lipinski definition) is 2. The summed E-state index contributed by atoms with van der Waals surface area (Å²) < 4.78 is 28.0. The third-order valence-corrected chi connectivity index (χ3v) is 4.67. The minimum atomic E-state index is -3.22. The van der Waals surface area contributed by atoms with Crippen LogP contribution in [0.25, 0.3) is 0 Å². The van der Waals surface area contributed by atoms with Crippen LogP contribution in [-0.4, -0.2) is 44.9 Å². The van der Waals surface area contributed by atoms with Crippen molar-refractivity contribution in [2.45, 2.75) is 37.8 Å². The molecule has 1 saturated carbocycles. The summed E-state index contributed by atoms with van der Waals surface area (Å²) in [7, 11) is -1.34. The van der Waals surface area contributed by atoms with Gasteiger partial charge in [0.15, 0.2) is 0 Å². The summed E-state index contributed by atoms with van der Waals surface area (Å²) in [6, 6.07) is 0.500. The Hall–Kier alpha value is -0.170. The lowest BCUT2D eigenvalue weighted by Crippen LogP contribution is -2.51. The Morgan fingerprint density at radius 2 is 1.93 bits per heavy atom. The standard InChI is InChI=1S/C9H19N3O2S/c1-10-9-3-2-6-12(7-9)15(13,14)11-8-4-5-8/h8-11H,2-7H2,1H3. The largest absolute Gasteiger partial charge is 0.316 e. The first-order chi connectivity index (χ1) is 7.12. The van der Waals surface area contributed by atoms with Gasteiger partial charge in [-0.1, -0.05) is 0 Å². The molecule has 15 heavy (non-hydrogen) atoms. The normalized spacial score (nSPS) is 29.3. The molecule has 2 rings (SSSR count). The highest BCUT2D eigenvalue weighted by molar-refractivity contribution is 7.87. The van der Waals surface area contributed by atoms with Crippen LogP contribution in [0.3, 0.4) is 0 Å². The fourth-order valence-electron chi connectivity index (χ4n) is 1.88. The monoisotopic (exact) mass is 233 g/mol. The van der Waals surface area contributed by atoms with E-state index in [0.717, 1.165) is 25.7 Å². The Morgan fingerprint density at radius 3 is 2.53 bits per heavy atom. The van der Waals surface area contributed by atoms with Crippen molar-refractivity contribution in [3.63, 3.8) is 0 Å². The summed E-state index contributed by atoms with van der Waals surface area (Å²) in [5.41, 5.74) is 0.